The Morgan fingerprint density at radius 1 is 0.971 bits per heavy atom. The lowest BCUT2D eigenvalue weighted by Crippen LogP contribution is -2.55. The predicted octanol–water partition coefficient (Wildman–Crippen LogP) is 5.99. The molecule has 0 bridgehead atoms. The molecule has 2 amide bonds. The minimum Gasteiger partial charge on any atom is -0.484 e. The summed E-state index contributed by atoms with van der Waals surface area (Å²) in [6, 6.07) is 24.3. The van der Waals surface area contributed by atoms with Crippen molar-refractivity contribution in [3.05, 3.63) is 98.0 Å². The van der Waals surface area contributed by atoms with Gasteiger partial charge in [-0.3, -0.25) is 9.59 Å². The number of nitrogens with zero attached hydrogens (tertiary/aromatic N) is 1. The molecule has 0 unspecified atom stereocenters. The topological polar surface area (TPSA) is 58.6 Å². The summed E-state index contributed by atoms with van der Waals surface area (Å²) in [5.41, 5.74) is 1.46. The van der Waals surface area contributed by atoms with Crippen molar-refractivity contribution in [2.45, 2.75) is 45.3 Å². The number of carbonyl (C=O) groups excluding carboxylic acids is 2. The van der Waals surface area contributed by atoms with Gasteiger partial charge < -0.3 is 15.0 Å². The summed E-state index contributed by atoms with van der Waals surface area (Å²) in [6.07, 6.45) is 0.395. The Morgan fingerprint density at radius 3 is 2.26 bits per heavy atom. The van der Waals surface area contributed by atoms with Gasteiger partial charge in [-0.05, 0) is 90.9 Å². The molecule has 0 fully saturated rings. The van der Waals surface area contributed by atoms with Gasteiger partial charge >= 0.3 is 0 Å². The molecule has 1 atom stereocenters. The van der Waals surface area contributed by atoms with E-state index in [9.17, 15) is 9.59 Å². The van der Waals surface area contributed by atoms with Gasteiger partial charge in [-0.15, -0.1) is 0 Å². The van der Waals surface area contributed by atoms with Crippen LogP contribution in [0.3, 0.4) is 0 Å². The minimum atomic E-state index is -0.705. The maximum atomic E-state index is 13.6. The zero-order valence-electron chi connectivity index (χ0n) is 20.1. The highest BCUT2D eigenvalue weighted by molar-refractivity contribution is 14.1. The molecule has 5 nitrogen and oxygen atoms in total. The summed E-state index contributed by atoms with van der Waals surface area (Å²) in [4.78, 5) is 28.7. The van der Waals surface area contributed by atoms with E-state index in [0.29, 0.717) is 12.2 Å². The molecule has 35 heavy (non-hydrogen) atoms. The monoisotopic (exact) mass is 648 g/mol. The van der Waals surface area contributed by atoms with Crippen LogP contribution in [0.4, 0.5) is 0 Å². The maximum absolute atomic E-state index is 13.6. The molecule has 3 aromatic rings. The van der Waals surface area contributed by atoms with Crippen LogP contribution in [0.25, 0.3) is 0 Å². The van der Waals surface area contributed by atoms with Crippen LogP contribution in [0, 0.1) is 3.57 Å². The molecule has 0 aromatic heterocycles. The number of hydrogen-bond acceptors (Lipinski definition) is 3. The van der Waals surface area contributed by atoms with Gasteiger partial charge in [-0.1, -0.05) is 58.4 Å². The molecule has 0 aliphatic rings. The molecule has 0 heterocycles. The highest BCUT2D eigenvalue weighted by atomic mass is 127. The number of carbonyl (C=O) groups is 2. The number of ether oxygens (including phenoxy) is 1. The van der Waals surface area contributed by atoms with Gasteiger partial charge in [-0.2, -0.15) is 0 Å². The van der Waals surface area contributed by atoms with Gasteiger partial charge in [0.25, 0.3) is 5.91 Å². The fourth-order valence-electron chi connectivity index (χ4n) is 3.60. The van der Waals surface area contributed by atoms with E-state index in [0.717, 1.165) is 19.2 Å². The molecule has 0 saturated heterocycles. The smallest absolute Gasteiger partial charge is 0.261 e. The van der Waals surface area contributed by atoms with Crippen LogP contribution in [-0.2, 0) is 22.6 Å². The highest BCUT2D eigenvalue weighted by Crippen LogP contribution is 2.19. The highest BCUT2D eigenvalue weighted by Gasteiger charge is 2.32. The zero-order chi connectivity index (χ0) is 25.4. The predicted molar refractivity (Wildman–Crippen MR) is 151 cm³/mol. The first-order valence-electron chi connectivity index (χ1n) is 11.4. The van der Waals surface area contributed by atoms with Gasteiger partial charge in [-0.25, -0.2) is 0 Å². The fraction of sp³-hybridized carbons (Fsp3) is 0.286. The SMILES string of the molecule is CC(C)(C)NC(=O)[C@@H](Cc1ccccc1)N(Cc1cccc(Br)c1)C(=O)COc1ccc(I)cc1. The second kappa shape index (κ2) is 12.5. The molecule has 184 valence electrons. The van der Waals surface area contributed by atoms with Crippen LogP contribution in [0.1, 0.15) is 31.9 Å². The van der Waals surface area contributed by atoms with Gasteiger partial charge in [0.2, 0.25) is 5.91 Å². The van der Waals surface area contributed by atoms with Crippen LogP contribution in [-0.4, -0.2) is 34.9 Å². The van der Waals surface area contributed by atoms with Crippen molar-refractivity contribution in [3.8, 4) is 5.75 Å². The number of nitrogens with one attached hydrogen (secondary N) is 1. The number of rotatable bonds is 9. The number of halogens is 2. The van der Waals surface area contributed by atoms with Crippen molar-refractivity contribution in [2.75, 3.05) is 6.61 Å². The Bertz CT molecular complexity index is 1130. The second-order valence-corrected chi connectivity index (χ2v) is 11.5. The summed E-state index contributed by atoms with van der Waals surface area (Å²) in [7, 11) is 0. The lowest BCUT2D eigenvalue weighted by atomic mass is 10.0. The van der Waals surface area contributed by atoms with E-state index in [4.69, 9.17) is 4.74 Å². The molecular weight excluding hydrogens is 619 g/mol. The van der Waals surface area contributed by atoms with Crippen LogP contribution in [0.2, 0.25) is 0 Å². The van der Waals surface area contributed by atoms with E-state index in [1.807, 2.05) is 99.6 Å². The summed E-state index contributed by atoms with van der Waals surface area (Å²) >= 11 is 5.73. The number of amides is 2. The molecule has 7 heteroatoms. The van der Waals surface area contributed by atoms with Crippen LogP contribution < -0.4 is 10.1 Å². The van der Waals surface area contributed by atoms with E-state index in [-0.39, 0.29) is 25.0 Å². The Hall–Kier alpha value is -2.39. The first-order valence-corrected chi connectivity index (χ1v) is 13.3. The lowest BCUT2D eigenvalue weighted by molar-refractivity contribution is -0.143. The Kier molecular flexibility index (Phi) is 9.74. The van der Waals surface area contributed by atoms with E-state index < -0.39 is 11.6 Å². The van der Waals surface area contributed by atoms with Crippen molar-refractivity contribution >= 4 is 50.3 Å². The minimum absolute atomic E-state index is 0.164. The molecule has 1 N–H and O–H groups in total. The maximum Gasteiger partial charge on any atom is 0.261 e. The first-order chi connectivity index (χ1) is 16.6. The normalized spacial score (nSPS) is 12.0. The summed E-state index contributed by atoms with van der Waals surface area (Å²) in [5, 5.41) is 3.07. The third-order valence-corrected chi connectivity index (χ3v) is 6.40. The van der Waals surface area contributed by atoms with Gasteiger partial charge in [0.1, 0.15) is 11.8 Å². The lowest BCUT2D eigenvalue weighted by Gasteiger charge is -2.33. The average molecular weight is 649 g/mol. The largest absolute Gasteiger partial charge is 0.484 e. The molecule has 3 rings (SSSR count). The molecule has 0 saturated carbocycles. The van der Waals surface area contributed by atoms with E-state index in [1.54, 1.807) is 4.90 Å². The van der Waals surface area contributed by atoms with Crippen molar-refractivity contribution < 1.29 is 14.3 Å². The quantitative estimate of drug-likeness (QED) is 0.290. The molecule has 0 aliphatic heterocycles. The van der Waals surface area contributed by atoms with Crippen molar-refractivity contribution in [1.29, 1.82) is 0 Å². The zero-order valence-corrected chi connectivity index (χ0v) is 23.9. The molecule has 0 spiro atoms. The fourth-order valence-corrected chi connectivity index (χ4v) is 4.40. The van der Waals surface area contributed by atoms with Crippen LogP contribution in [0.15, 0.2) is 83.3 Å². The number of hydrogen-bond donors (Lipinski definition) is 1. The standard InChI is InChI=1S/C28H30BrIN2O3/c1-28(2,3)31-27(34)25(17-20-8-5-4-6-9-20)32(18-21-10-7-11-22(29)16-21)26(33)19-35-24-14-12-23(30)13-15-24/h4-16,25H,17-19H2,1-3H3,(H,31,34)/t25-/m1/s1. The van der Waals surface area contributed by atoms with Crippen LogP contribution in [0.5, 0.6) is 5.75 Å². The van der Waals surface area contributed by atoms with E-state index >= 15 is 0 Å². The van der Waals surface area contributed by atoms with Crippen molar-refractivity contribution in [1.82, 2.24) is 10.2 Å². The molecule has 0 aliphatic carbocycles. The summed E-state index contributed by atoms with van der Waals surface area (Å²) < 4.78 is 7.81. The summed E-state index contributed by atoms with van der Waals surface area (Å²) in [6.45, 7) is 5.92. The Morgan fingerprint density at radius 2 is 1.63 bits per heavy atom. The molecule has 0 radical (unpaired) electrons. The molecule has 3 aromatic carbocycles. The van der Waals surface area contributed by atoms with Gasteiger partial charge in [0.15, 0.2) is 6.61 Å². The summed E-state index contributed by atoms with van der Waals surface area (Å²) in [5.74, 6) is 0.160. The van der Waals surface area contributed by atoms with E-state index in [1.165, 1.54) is 0 Å². The molecular formula is C28H30BrIN2O3. The number of benzene rings is 3. The Labute approximate surface area is 229 Å². The third kappa shape index (κ3) is 8.96. The van der Waals surface area contributed by atoms with Crippen LogP contribution >= 0.6 is 38.5 Å². The second-order valence-electron chi connectivity index (χ2n) is 9.34. The Balaban J connectivity index is 1.92. The van der Waals surface area contributed by atoms with Gasteiger partial charge in [0.05, 0.1) is 0 Å². The van der Waals surface area contributed by atoms with Crippen molar-refractivity contribution in [3.63, 3.8) is 0 Å². The average Bonchev–Trinajstić information content (AvgIpc) is 2.80. The van der Waals surface area contributed by atoms with Crippen molar-refractivity contribution in [2.24, 2.45) is 0 Å². The third-order valence-electron chi connectivity index (χ3n) is 5.19. The first kappa shape index (κ1) is 27.2. The van der Waals surface area contributed by atoms with Gasteiger partial charge in [0, 0.05) is 26.5 Å². The van der Waals surface area contributed by atoms with E-state index in [2.05, 4.69) is 43.8 Å².